The third kappa shape index (κ3) is 1.32. The molecule has 2 aromatic carbocycles. The lowest BCUT2D eigenvalue weighted by atomic mass is 10.1. The van der Waals surface area contributed by atoms with Crippen LogP contribution in [0.25, 0.3) is 20.9 Å². The average Bonchev–Trinajstić information content (AvgIpc) is 2.56. The number of halogens is 1. The van der Waals surface area contributed by atoms with Crippen LogP contribution in [-0.4, -0.2) is 0 Å². The highest BCUT2D eigenvalue weighted by atomic mass is 79.9. The van der Waals surface area contributed by atoms with E-state index in [9.17, 15) is 0 Å². The summed E-state index contributed by atoms with van der Waals surface area (Å²) in [5.41, 5.74) is 1.35. The van der Waals surface area contributed by atoms with Crippen molar-refractivity contribution >= 4 is 48.1 Å². The van der Waals surface area contributed by atoms with Gasteiger partial charge in [-0.1, -0.05) is 36.4 Å². The number of benzene rings is 2. The van der Waals surface area contributed by atoms with Gasteiger partial charge in [0.1, 0.15) is 0 Å². The maximum atomic E-state index is 3.61. The minimum Gasteiger partial charge on any atom is -0.127 e. The van der Waals surface area contributed by atoms with E-state index in [2.05, 4.69) is 59.3 Å². The molecule has 3 aromatic rings. The van der Waals surface area contributed by atoms with E-state index in [4.69, 9.17) is 0 Å². The molecule has 15 heavy (non-hydrogen) atoms. The molecule has 0 atom stereocenters. The van der Waals surface area contributed by atoms with Crippen LogP contribution in [0.15, 0.2) is 40.2 Å². The average molecular weight is 277 g/mol. The van der Waals surface area contributed by atoms with Gasteiger partial charge in [0.15, 0.2) is 0 Å². The van der Waals surface area contributed by atoms with E-state index < -0.39 is 0 Å². The molecule has 74 valence electrons. The summed E-state index contributed by atoms with van der Waals surface area (Å²) < 4.78 is 2.63. The first-order valence-corrected chi connectivity index (χ1v) is 6.44. The van der Waals surface area contributed by atoms with Crippen LogP contribution in [0.4, 0.5) is 0 Å². The van der Waals surface area contributed by atoms with Crippen molar-refractivity contribution < 1.29 is 0 Å². The molecule has 0 unspecified atom stereocenters. The Kier molecular flexibility index (Phi) is 2.08. The minimum absolute atomic E-state index is 1.24. The number of hydrogen-bond donors (Lipinski definition) is 0. The second kappa shape index (κ2) is 3.32. The molecule has 0 nitrogen and oxygen atoms in total. The Hall–Kier alpha value is -0.860. The van der Waals surface area contributed by atoms with E-state index in [1.807, 2.05) is 11.3 Å². The van der Waals surface area contributed by atoms with Gasteiger partial charge in [0.2, 0.25) is 0 Å². The molecule has 0 bridgehead atoms. The minimum atomic E-state index is 1.24. The van der Waals surface area contributed by atoms with Gasteiger partial charge in [0, 0.05) is 4.70 Å². The SMILES string of the molecule is Cc1c(Br)sc2c1ccc1ccccc12. The van der Waals surface area contributed by atoms with E-state index in [-0.39, 0.29) is 0 Å². The Morgan fingerprint density at radius 3 is 2.67 bits per heavy atom. The zero-order chi connectivity index (χ0) is 10.4. The van der Waals surface area contributed by atoms with Crippen LogP contribution < -0.4 is 0 Å². The van der Waals surface area contributed by atoms with Crippen molar-refractivity contribution in [2.45, 2.75) is 6.92 Å². The Morgan fingerprint density at radius 1 is 1.00 bits per heavy atom. The Labute approximate surface area is 101 Å². The van der Waals surface area contributed by atoms with E-state index in [1.54, 1.807) is 0 Å². The predicted octanol–water partition coefficient (Wildman–Crippen LogP) is 5.13. The zero-order valence-corrected chi connectivity index (χ0v) is 10.7. The zero-order valence-electron chi connectivity index (χ0n) is 8.25. The highest BCUT2D eigenvalue weighted by Gasteiger charge is 2.08. The van der Waals surface area contributed by atoms with Gasteiger partial charge in [0.05, 0.1) is 3.79 Å². The van der Waals surface area contributed by atoms with Crippen LogP contribution in [0.3, 0.4) is 0 Å². The molecule has 0 N–H and O–H groups in total. The first kappa shape index (κ1) is 9.37. The van der Waals surface area contributed by atoms with Crippen molar-refractivity contribution in [3.63, 3.8) is 0 Å². The maximum absolute atomic E-state index is 3.61. The summed E-state index contributed by atoms with van der Waals surface area (Å²) in [4.78, 5) is 0. The second-order valence-electron chi connectivity index (χ2n) is 3.66. The third-order valence-electron chi connectivity index (χ3n) is 2.77. The lowest BCUT2D eigenvalue weighted by Gasteiger charge is -1.98. The number of thiophene rings is 1. The third-order valence-corrected chi connectivity index (χ3v) is 4.98. The summed E-state index contributed by atoms with van der Waals surface area (Å²) in [6, 6.07) is 13.0. The van der Waals surface area contributed by atoms with Crippen molar-refractivity contribution in [3.8, 4) is 0 Å². The Morgan fingerprint density at radius 2 is 1.80 bits per heavy atom. The Balaban J connectivity index is 2.60. The van der Waals surface area contributed by atoms with Crippen molar-refractivity contribution in [3.05, 3.63) is 45.7 Å². The van der Waals surface area contributed by atoms with Gasteiger partial charge in [-0.25, -0.2) is 0 Å². The van der Waals surface area contributed by atoms with E-state index in [0.717, 1.165) is 0 Å². The fraction of sp³-hybridized carbons (Fsp3) is 0.0769. The molecule has 1 aromatic heterocycles. The molecule has 0 fully saturated rings. The predicted molar refractivity (Wildman–Crippen MR) is 71.8 cm³/mol. The summed E-state index contributed by atoms with van der Waals surface area (Å²) >= 11 is 5.44. The normalized spacial score (nSPS) is 11.3. The number of aryl methyl sites for hydroxylation is 1. The number of rotatable bonds is 0. The van der Waals surface area contributed by atoms with E-state index in [0.29, 0.717) is 0 Å². The van der Waals surface area contributed by atoms with Crippen molar-refractivity contribution in [1.29, 1.82) is 0 Å². The molecular weight excluding hydrogens is 268 g/mol. The summed E-state index contributed by atoms with van der Waals surface area (Å²) in [5.74, 6) is 0. The molecule has 0 spiro atoms. The van der Waals surface area contributed by atoms with Gasteiger partial charge in [-0.3, -0.25) is 0 Å². The summed E-state index contributed by atoms with van der Waals surface area (Å²) in [7, 11) is 0. The Bertz CT molecular complexity index is 652. The van der Waals surface area contributed by atoms with Crippen LogP contribution in [-0.2, 0) is 0 Å². The summed E-state index contributed by atoms with van der Waals surface area (Å²) in [6.07, 6.45) is 0. The number of hydrogen-bond acceptors (Lipinski definition) is 1. The topological polar surface area (TPSA) is 0 Å². The number of fused-ring (bicyclic) bond motifs is 3. The fourth-order valence-electron chi connectivity index (χ4n) is 1.92. The van der Waals surface area contributed by atoms with Crippen LogP contribution >= 0.6 is 27.3 Å². The molecule has 0 amide bonds. The molecular formula is C13H9BrS. The molecule has 3 rings (SSSR count). The van der Waals surface area contributed by atoms with Crippen molar-refractivity contribution in [1.82, 2.24) is 0 Å². The van der Waals surface area contributed by atoms with Gasteiger partial charge in [-0.15, -0.1) is 11.3 Å². The highest BCUT2D eigenvalue weighted by Crippen LogP contribution is 2.38. The summed E-state index contributed by atoms with van der Waals surface area (Å²) in [5, 5.41) is 4.04. The van der Waals surface area contributed by atoms with Crippen LogP contribution in [0.5, 0.6) is 0 Å². The molecule has 2 heteroatoms. The maximum Gasteiger partial charge on any atom is 0.0740 e. The first-order valence-electron chi connectivity index (χ1n) is 4.84. The van der Waals surface area contributed by atoms with E-state index in [1.165, 1.54) is 30.2 Å². The van der Waals surface area contributed by atoms with Gasteiger partial charge < -0.3 is 0 Å². The van der Waals surface area contributed by atoms with Gasteiger partial charge in [-0.05, 0) is 44.6 Å². The molecule has 0 radical (unpaired) electrons. The lowest BCUT2D eigenvalue weighted by molar-refractivity contribution is 1.57. The van der Waals surface area contributed by atoms with Crippen LogP contribution in [0, 0.1) is 6.92 Å². The molecule has 0 saturated carbocycles. The molecule has 0 aliphatic carbocycles. The van der Waals surface area contributed by atoms with Crippen LogP contribution in [0.1, 0.15) is 5.56 Å². The largest absolute Gasteiger partial charge is 0.127 e. The second-order valence-corrected chi connectivity index (χ2v) is 6.00. The molecule has 1 heterocycles. The van der Waals surface area contributed by atoms with Crippen molar-refractivity contribution in [2.75, 3.05) is 0 Å². The van der Waals surface area contributed by atoms with E-state index >= 15 is 0 Å². The van der Waals surface area contributed by atoms with Crippen molar-refractivity contribution in [2.24, 2.45) is 0 Å². The quantitative estimate of drug-likeness (QED) is 0.534. The first-order chi connectivity index (χ1) is 7.27. The molecule has 0 aliphatic rings. The summed E-state index contributed by atoms with van der Waals surface area (Å²) in [6.45, 7) is 2.16. The molecule has 0 aliphatic heterocycles. The lowest BCUT2D eigenvalue weighted by Crippen LogP contribution is -1.73. The van der Waals surface area contributed by atoms with Gasteiger partial charge in [0.25, 0.3) is 0 Å². The smallest absolute Gasteiger partial charge is 0.0740 e. The monoisotopic (exact) mass is 276 g/mol. The fourth-order valence-corrected chi connectivity index (χ4v) is 3.69. The standard InChI is InChI=1S/C13H9BrS/c1-8-10-7-6-9-4-2-3-5-11(9)12(10)15-13(8)14/h2-7H,1H3. The molecule has 0 saturated heterocycles. The van der Waals surface area contributed by atoms with Crippen LogP contribution in [0.2, 0.25) is 0 Å². The highest BCUT2D eigenvalue weighted by molar-refractivity contribution is 9.11. The van der Waals surface area contributed by atoms with Gasteiger partial charge >= 0.3 is 0 Å². The van der Waals surface area contributed by atoms with Gasteiger partial charge in [-0.2, -0.15) is 0 Å².